The van der Waals surface area contributed by atoms with Crippen LogP contribution in [0.1, 0.15) is 28.4 Å². The van der Waals surface area contributed by atoms with Crippen molar-refractivity contribution >= 4 is 11.9 Å². The van der Waals surface area contributed by atoms with Crippen molar-refractivity contribution in [2.45, 2.75) is 25.1 Å². The fraction of sp³-hybridized carbons (Fsp3) is 0.316. The van der Waals surface area contributed by atoms with Gasteiger partial charge in [0.05, 0.1) is 26.3 Å². The van der Waals surface area contributed by atoms with Crippen molar-refractivity contribution in [2.75, 3.05) is 14.2 Å². The topological polar surface area (TPSA) is 142 Å². The smallest absolute Gasteiger partial charge is 0.391 e. The molecule has 1 unspecified atom stereocenters. The van der Waals surface area contributed by atoms with E-state index in [1.165, 1.54) is 18.8 Å². The Morgan fingerprint density at radius 3 is 2.50 bits per heavy atom. The molecule has 2 aromatic rings. The highest BCUT2D eigenvalue weighted by atomic mass is 19.4. The Hall–Kier alpha value is -3.90. The highest BCUT2D eigenvalue weighted by Crippen LogP contribution is 2.43. The summed E-state index contributed by atoms with van der Waals surface area (Å²) in [6.45, 7) is 0. The predicted molar refractivity (Wildman–Crippen MR) is 106 cm³/mol. The van der Waals surface area contributed by atoms with Crippen LogP contribution in [-0.2, 0) is 6.42 Å². The van der Waals surface area contributed by atoms with Crippen LogP contribution in [0.4, 0.5) is 13.2 Å². The second-order valence-corrected chi connectivity index (χ2v) is 6.94. The molecule has 1 aliphatic rings. The van der Waals surface area contributed by atoms with Crippen LogP contribution < -0.4 is 25.6 Å². The summed E-state index contributed by atoms with van der Waals surface area (Å²) >= 11 is 0. The maximum absolute atomic E-state index is 13.3. The molecule has 0 bridgehead atoms. The average Bonchev–Trinajstić information content (AvgIpc) is 2.71. The number of ether oxygens (including phenoxy) is 2. The van der Waals surface area contributed by atoms with Gasteiger partial charge >= 0.3 is 6.18 Å². The maximum Gasteiger partial charge on any atom is 0.391 e. The molecule has 170 valence electrons. The van der Waals surface area contributed by atoms with E-state index >= 15 is 0 Å². The molecule has 32 heavy (non-hydrogen) atoms. The van der Waals surface area contributed by atoms with Crippen LogP contribution in [-0.4, -0.2) is 36.8 Å². The minimum atomic E-state index is -4.50. The van der Waals surface area contributed by atoms with E-state index in [2.05, 4.69) is 5.22 Å². The molecule has 0 saturated carbocycles. The number of alkyl halides is 3. The fourth-order valence-electron chi connectivity index (χ4n) is 3.62. The van der Waals surface area contributed by atoms with Crippen LogP contribution in [0.2, 0.25) is 0 Å². The number of aromatic nitrogens is 1. The van der Waals surface area contributed by atoms with Gasteiger partial charge in [-0.25, -0.2) is 5.43 Å². The zero-order chi connectivity index (χ0) is 23.6. The van der Waals surface area contributed by atoms with Gasteiger partial charge in [0, 0.05) is 23.9 Å². The molecule has 13 heteroatoms. The first kappa shape index (κ1) is 22.8. The number of benzene rings is 1. The number of carbonyl (C=O) groups is 1. The number of halogens is 3. The summed E-state index contributed by atoms with van der Waals surface area (Å²) in [6.07, 6.45) is -4.66. The number of methoxy groups -OCH3 is 2. The Labute approximate surface area is 179 Å². The number of nitrogens with zero attached hydrogens (tertiary/aromatic N) is 2. The molecule has 0 aliphatic carbocycles. The van der Waals surface area contributed by atoms with Gasteiger partial charge in [0.1, 0.15) is 5.56 Å². The lowest BCUT2D eigenvalue weighted by Crippen LogP contribution is -2.40. The Morgan fingerprint density at radius 1 is 1.25 bits per heavy atom. The minimum absolute atomic E-state index is 0.0266. The molecule has 3 rings (SSSR count). The van der Waals surface area contributed by atoms with E-state index < -0.39 is 41.5 Å². The van der Waals surface area contributed by atoms with Crippen LogP contribution >= 0.6 is 0 Å². The molecule has 0 radical (unpaired) electrons. The van der Waals surface area contributed by atoms with E-state index in [1.807, 2.05) is 10.7 Å². The summed E-state index contributed by atoms with van der Waals surface area (Å²) in [5.41, 5.74) is 8.48. The van der Waals surface area contributed by atoms with Crippen molar-refractivity contribution < 1.29 is 27.4 Å². The van der Waals surface area contributed by atoms with Crippen molar-refractivity contribution in [1.82, 2.24) is 15.3 Å². The molecule has 0 fully saturated rings. The zero-order valence-electron chi connectivity index (χ0n) is 17.0. The largest absolute Gasteiger partial charge is 0.493 e. The number of nitrogens with one attached hydrogen (secondary N) is 4. The lowest BCUT2D eigenvalue weighted by molar-refractivity contribution is -0.142. The van der Waals surface area contributed by atoms with E-state index in [4.69, 9.17) is 20.4 Å². The fourth-order valence-corrected chi connectivity index (χ4v) is 3.62. The highest BCUT2D eigenvalue weighted by Gasteiger charge is 2.36. The summed E-state index contributed by atoms with van der Waals surface area (Å²) in [4.78, 5) is 25.0. The van der Waals surface area contributed by atoms with Crippen LogP contribution in [0.15, 0.2) is 34.4 Å². The second kappa shape index (κ2) is 8.69. The Morgan fingerprint density at radius 2 is 1.91 bits per heavy atom. The second-order valence-electron chi connectivity index (χ2n) is 6.94. The number of rotatable bonds is 5. The quantitative estimate of drug-likeness (QED) is 0.239. The molecule has 1 amide bonds. The summed E-state index contributed by atoms with van der Waals surface area (Å²) in [6, 6.07) is 3.10. The monoisotopic (exact) mass is 452 g/mol. The van der Waals surface area contributed by atoms with E-state index in [0.717, 1.165) is 12.3 Å². The molecule has 1 atom stereocenters. The van der Waals surface area contributed by atoms with Crippen molar-refractivity contribution in [1.29, 1.82) is 10.9 Å². The molecule has 1 aromatic carbocycles. The third-order valence-corrected chi connectivity index (χ3v) is 4.93. The minimum Gasteiger partial charge on any atom is -0.493 e. The number of pyridine rings is 1. The number of fused-ring (bicyclic) bond motifs is 3. The summed E-state index contributed by atoms with van der Waals surface area (Å²) in [5, 5.41) is 12.1. The number of hydrogen-bond donors (Lipinski definition) is 4. The van der Waals surface area contributed by atoms with E-state index in [-0.39, 0.29) is 12.1 Å². The molecule has 1 aliphatic heterocycles. The lowest BCUT2D eigenvalue weighted by atomic mass is 9.90. The van der Waals surface area contributed by atoms with Gasteiger partial charge in [-0.2, -0.15) is 18.7 Å². The maximum atomic E-state index is 13.3. The number of guanidine groups is 1. The zero-order valence-corrected chi connectivity index (χ0v) is 17.0. The van der Waals surface area contributed by atoms with Gasteiger partial charge in [-0.05, 0) is 24.1 Å². The summed E-state index contributed by atoms with van der Waals surface area (Å²) in [5.74, 6) is -1.01. The van der Waals surface area contributed by atoms with E-state index in [0.29, 0.717) is 22.6 Å². The van der Waals surface area contributed by atoms with Crippen molar-refractivity contribution in [3.8, 4) is 22.8 Å². The van der Waals surface area contributed by atoms with Crippen LogP contribution in [0.3, 0.4) is 0 Å². The van der Waals surface area contributed by atoms with Gasteiger partial charge in [0.2, 0.25) is 5.96 Å². The van der Waals surface area contributed by atoms with Crippen LogP contribution in [0, 0.1) is 10.9 Å². The molecule has 0 spiro atoms. The van der Waals surface area contributed by atoms with E-state index in [9.17, 15) is 22.8 Å². The van der Waals surface area contributed by atoms with Crippen molar-refractivity contribution in [3.63, 3.8) is 0 Å². The Kier molecular flexibility index (Phi) is 6.18. The van der Waals surface area contributed by atoms with Crippen molar-refractivity contribution in [3.05, 3.63) is 45.7 Å². The molecule has 1 aromatic heterocycles. The predicted octanol–water partition coefficient (Wildman–Crippen LogP) is 2.78. The summed E-state index contributed by atoms with van der Waals surface area (Å²) in [7, 11) is 2.82. The molecule has 10 nitrogen and oxygen atoms in total. The van der Waals surface area contributed by atoms with Gasteiger partial charge in [-0.3, -0.25) is 20.3 Å². The molecule has 2 heterocycles. The molecular formula is C19H19F3N6O4. The average molecular weight is 452 g/mol. The summed E-state index contributed by atoms with van der Waals surface area (Å²) < 4.78 is 51.7. The third kappa shape index (κ3) is 4.55. The van der Waals surface area contributed by atoms with Gasteiger partial charge in [-0.1, -0.05) is 5.22 Å². The first-order valence-corrected chi connectivity index (χ1v) is 9.18. The van der Waals surface area contributed by atoms with E-state index in [1.54, 1.807) is 12.1 Å². The third-order valence-electron chi connectivity index (χ3n) is 4.93. The standard InChI is InChI=1S/C19H19F3N6O4/c1-31-15-4-9-3-10(7-19(20,21)22)28-8-12(17(30)25-18(23)26-27-24)14(29)6-13(28)11(9)5-16(15)32-2/h4-6,8,10H,3,7H2,1-2H3,(H4,23,24,25,26,30). The lowest BCUT2D eigenvalue weighted by Gasteiger charge is -2.32. The van der Waals surface area contributed by atoms with Gasteiger partial charge < -0.3 is 14.0 Å². The first-order chi connectivity index (χ1) is 15.1. The van der Waals surface area contributed by atoms with Gasteiger partial charge in [-0.15, -0.1) is 0 Å². The number of carbonyl (C=O) groups excluding carboxylic acids is 1. The highest BCUT2D eigenvalue weighted by molar-refractivity contribution is 6.04. The van der Waals surface area contributed by atoms with Crippen LogP contribution in [0.5, 0.6) is 11.5 Å². The Balaban J connectivity index is 2.16. The van der Waals surface area contributed by atoms with Crippen molar-refractivity contribution in [2.24, 2.45) is 5.22 Å². The molecular weight excluding hydrogens is 433 g/mol. The van der Waals surface area contributed by atoms with Gasteiger partial charge in [0.25, 0.3) is 5.91 Å². The van der Waals surface area contributed by atoms with Crippen LogP contribution in [0.25, 0.3) is 11.3 Å². The number of amides is 1. The molecule has 0 saturated heterocycles. The molecule has 4 N–H and O–H groups in total. The van der Waals surface area contributed by atoms with Gasteiger partial charge in [0.15, 0.2) is 16.9 Å². The Bertz CT molecular complexity index is 1150. The normalized spacial score (nSPS) is 14.6. The first-order valence-electron chi connectivity index (χ1n) is 9.18. The number of hydrogen-bond acceptors (Lipinski definition) is 7. The SMILES string of the molecule is COc1cc2c(cc1OC)-c1cc(=O)c(C(=O)NC(=N)NN=N)cn1C(CC(F)(F)F)C2.